The number of para-hydroxylation sites is 2. The lowest BCUT2D eigenvalue weighted by molar-refractivity contribution is 0.613. The number of anilines is 2. The monoisotopic (exact) mass is 499 g/mol. The van der Waals surface area contributed by atoms with Gasteiger partial charge in [-0.15, -0.1) is 0 Å². The van der Waals surface area contributed by atoms with Crippen molar-refractivity contribution in [3.8, 4) is 0 Å². The zero-order valence-electron chi connectivity index (χ0n) is 22.9. The predicted molar refractivity (Wildman–Crippen MR) is 163 cm³/mol. The van der Waals surface area contributed by atoms with Gasteiger partial charge < -0.3 is 5.32 Å². The first-order valence-electron chi connectivity index (χ1n) is 14.3. The predicted octanol–water partition coefficient (Wildman–Crippen LogP) is 6.23. The second kappa shape index (κ2) is 6.75. The summed E-state index contributed by atoms with van der Waals surface area (Å²) >= 11 is 0. The molecule has 0 aromatic heterocycles. The van der Waals surface area contributed by atoms with Gasteiger partial charge in [0.1, 0.15) is 0 Å². The molecule has 9 rings (SSSR count). The van der Waals surface area contributed by atoms with Crippen molar-refractivity contribution >= 4 is 34.5 Å². The summed E-state index contributed by atoms with van der Waals surface area (Å²) in [7, 11) is 0. The summed E-state index contributed by atoms with van der Waals surface area (Å²) < 4.78 is 0. The van der Waals surface area contributed by atoms with E-state index in [1.54, 1.807) is 5.46 Å². The van der Waals surface area contributed by atoms with Gasteiger partial charge in [0.15, 0.2) is 0 Å². The number of hydrogen-bond donors (Lipinski definition) is 1. The molecule has 0 saturated carbocycles. The normalized spacial score (nSPS) is 18.5. The summed E-state index contributed by atoms with van der Waals surface area (Å²) in [6, 6.07) is 39.4. The first-order valence-corrected chi connectivity index (χ1v) is 14.3. The van der Waals surface area contributed by atoms with Crippen molar-refractivity contribution < 1.29 is 0 Å². The maximum absolute atomic E-state index is 3.80. The average Bonchev–Trinajstić information content (AvgIpc) is 2.95. The van der Waals surface area contributed by atoms with E-state index in [1.165, 1.54) is 66.8 Å². The highest BCUT2D eigenvalue weighted by molar-refractivity contribution is 6.98. The molecule has 5 aromatic rings. The lowest BCUT2D eigenvalue weighted by Gasteiger charge is -2.55. The average molecular weight is 499 g/mol. The zero-order valence-corrected chi connectivity index (χ0v) is 22.9. The van der Waals surface area contributed by atoms with E-state index in [1.807, 2.05) is 0 Å². The molecule has 186 valence electrons. The molecule has 0 amide bonds. The second-order valence-corrected chi connectivity index (χ2v) is 12.9. The fraction of sp³-hybridized carbons (Fsp3) is 0.189. The molecule has 5 aromatic carbocycles. The molecule has 0 saturated heterocycles. The molecular formula is C37H30BN. The first-order chi connectivity index (χ1) is 18.9. The van der Waals surface area contributed by atoms with Crippen LogP contribution in [0.4, 0.5) is 11.4 Å². The summed E-state index contributed by atoms with van der Waals surface area (Å²) in [5.74, 6) is 0. The Bertz CT molecular complexity index is 1780. The van der Waals surface area contributed by atoms with Gasteiger partial charge in [-0.1, -0.05) is 135 Å². The van der Waals surface area contributed by atoms with Gasteiger partial charge in [-0.25, -0.2) is 0 Å². The first kappa shape index (κ1) is 21.9. The third kappa shape index (κ3) is 2.26. The van der Waals surface area contributed by atoms with E-state index in [2.05, 4.69) is 136 Å². The topological polar surface area (TPSA) is 12.0 Å². The summed E-state index contributed by atoms with van der Waals surface area (Å²) in [5, 5.41) is 3.80. The minimum Gasteiger partial charge on any atom is -0.355 e. The lowest BCUT2D eigenvalue weighted by atomic mass is 9.23. The van der Waals surface area contributed by atoms with Crippen LogP contribution in [0.3, 0.4) is 0 Å². The molecule has 1 spiro atoms. The van der Waals surface area contributed by atoms with Crippen LogP contribution in [-0.2, 0) is 16.2 Å². The van der Waals surface area contributed by atoms with E-state index >= 15 is 0 Å². The van der Waals surface area contributed by atoms with Crippen molar-refractivity contribution in [2.75, 3.05) is 5.32 Å². The number of fused-ring (bicyclic) bond motifs is 6. The van der Waals surface area contributed by atoms with Gasteiger partial charge in [0.2, 0.25) is 6.71 Å². The largest absolute Gasteiger partial charge is 0.355 e. The molecule has 39 heavy (non-hydrogen) atoms. The van der Waals surface area contributed by atoms with Crippen LogP contribution < -0.4 is 21.7 Å². The van der Waals surface area contributed by atoms with E-state index in [0.717, 1.165) is 0 Å². The molecule has 0 fully saturated rings. The Morgan fingerprint density at radius 1 is 0.410 bits per heavy atom. The summed E-state index contributed by atoms with van der Waals surface area (Å²) in [5.41, 5.74) is 18.0. The van der Waals surface area contributed by atoms with Crippen molar-refractivity contribution in [3.63, 3.8) is 0 Å². The molecule has 2 heteroatoms. The zero-order chi connectivity index (χ0) is 26.3. The van der Waals surface area contributed by atoms with Crippen LogP contribution in [0.5, 0.6) is 0 Å². The van der Waals surface area contributed by atoms with Crippen LogP contribution in [0.25, 0.3) is 0 Å². The number of hydrogen-bond acceptors (Lipinski definition) is 1. The highest BCUT2D eigenvalue weighted by Gasteiger charge is 2.58. The Morgan fingerprint density at radius 3 is 1.18 bits per heavy atom. The van der Waals surface area contributed by atoms with Gasteiger partial charge in [-0.05, 0) is 56.6 Å². The van der Waals surface area contributed by atoms with Gasteiger partial charge in [0.05, 0.1) is 5.41 Å². The van der Waals surface area contributed by atoms with Crippen LogP contribution in [-0.4, -0.2) is 6.71 Å². The van der Waals surface area contributed by atoms with Crippen molar-refractivity contribution in [1.29, 1.82) is 0 Å². The van der Waals surface area contributed by atoms with Gasteiger partial charge in [-0.2, -0.15) is 0 Å². The quantitative estimate of drug-likeness (QED) is 0.244. The standard InChI is InChI=1S/C37H30BN/c1-35(2)24-14-9-15-25-32(24)38-33-26(35)16-10-18-28(33)37(29-19-11-17-27(34(29)38)36(25,3)4)22-12-5-7-20-30(22)39-31-21-8-6-13-23(31)37/h5-21,39H,1-4H3. The van der Waals surface area contributed by atoms with Crippen molar-refractivity contribution in [2.45, 2.75) is 43.9 Å². The molecule has 4 aliphatic rings. The molecular weight excluding hydrogens is 469 g/mol. The van der Waals surface area contributed by atoms with Crippen molar-refractivity contribution in [3.05, 3.63) is 148 Å². The molecule has 0 atom stereocenters. The Kier molecular flexibility index (Phi) is 3.78. The van der Waals surface area contributed by atoms with E-state index in [4.69, 9.17) is 0 Å². The van der Waals surface area contributed by atoms with Gasteiger partial charge >= 0.3 is 0 Å². The fourth-order valence-electron chi connectivity index (χ4n) is 9.04. The summed E-state index contributed by atoms with van der Waals surface area (Å²) in [4.78, 5) is 0. The van der Waals surface area contributed by atoms with Gasteiger partial charge in [0.25, 0.3) is 0 Å². The van der Waals surface area contributed by atoms with Gasteiger partial charge in [0, 0.05) is 22.2 Å². The molecule has 4 heterocycles. The van der Waals surface area contributed by atoms with E-state index < -0.39 is 0 Å². The molecule has 1 N–H and O–H groups in total. The minimum absolute atomic E-state index is 0.0831. The second-order valence-electron chi connectivity index (χ2n) is 12.9. The molecule has 0 radical (unpaired) electrons. The van der Waals surface area contributed by atoms with Crippen LogP contribution in [0.2, 0.25) is 0 Å². The highest BCUT2D eigenvalue weighted by Crippen LogP contribution is 2.56. The summed E-state index contributed by atoms with van der Waals surface area (Å²) in [6.45, 7) is 10.0. The SMILES string of the molecule is CC1(C)c2cccc3c2B2c4c1cccc4C1(c4ccccc4Nc4ccccc41)c1cccc(c12)C3(C)C. The van der Waals surface area contributed by atoms with Crippen LogP contribution >= 0.6 is 0 Å². The Morgan fingerprint density at radius 2 is 0.744 bits per heavy atom. The minimum atomic E-state index is -0.387. The highest BCUT2D eigenvalue weighted by atomic mass is 14.9. The third-order valence-corrected chi connectivity index (χ3v) is 10.6. The lowest BCUT2D eigenvalue weighted by Crippen LogP contribution is -2.72. The molecule has 4 aliphatic heterocycles. The molecule has 0 bridgehead atoms. The molecule has 0 unspecified atom stereocenters. The number of nitrogens with one attached hydrogen (secondary N) is 1. The van der Waals surface area contributed by atoms with E-state index in [0.29, 0.717) is 0 Å². The maximum Gasteiger partial charge on any atom is 0.243 e. The Balaban J connectivity index is 1.57. The van der Waals surface area contributed by atoms with E-state index in [9.17, 15) is 0 Å². The van der Waals surface area contributed by atoms with Crippen LogP contribution in [0.1, 0.15) is 72.2 Å². The van der Waals surface area contributed by atoms with Crippen molar-refractivity contribution in [2.24, 2.45) is 0 Å². The molecule has 1 nitrogen and oxygen atoms in total. The summed E-state index contributed by atoms with van der Waals surface area (Å²) in [6.07, 6.45) is 0. The maximum atomic E-state index is 3.80. The smallest absolute Gasteiger partial charge is 0.243 e. The third-order valence-electron chi connectivity index (χ3n) is 10.6. The fourth-order valence-corrected chi connectivity index (χ4v) is 9.04. The number of rotatable bonds is 0. The van der Waals surface area contributed by atoms with Crippen LogP contribution in [0, 0.1) is 0 Å². The van der Waals surface area contributed by atoms with E-state index in [-0.39, 0.29) is 23.0 Å². The van der Waals surface area contributed by atoms with Gasteiger partial charge in [-0.3, -0.25) is 0 Å². The van der Waals surface area contributed by atoms with Crippen molar-refractivity contribution in [1.82, 2.24) is 0 Å². The Hall–Kier alpha value is -4.04. The van der Waals surface area contributed by atoms with Crippen LogP contribution in [0.15, 0.2) is 103 Å². The Labute approximate surface area is 231 Å². The number of benzene rings is 5. The molecule has 0 aliphatic carbocycles.